The molecule has 3 heterocycles. The minimum atomic E-state index is -0.121. The Kier molecular flexibility index (Phi) is 4.40. The lowest BCUT2D eigenvalue weighted by Crippen LogP contribution is -2.42. The molecule has 1 saturated heterocycles. The normalized spacial score (nSPS) is 17.8. The summed E-state index contributed by atoms with van der Waals surface area (Å²) in [5.74, 6) is 1.66. The number of nitrogens with one attached hydrogen (secondary N) is 1. The highest BCUT2D eigenvalue weighted by molar-refractivity contribution is 5.89. The van der Waals surface area contributed by atoms with Crippen LogP contribution in [0.1, 0.15) is 24.6 Å². The Hall–Kier alpha value is -2.64. The number of carbonyl (C=O) groups is 1. The number of likely N-dealkylation sites (tertiary alicyclic amines) is 1. The molecular formula is C15H20N6O2. The van der Waals surface area contributed by atoms with Crippen LogP contribution in [0.25, 0.3) is 0 Å². The van der Waals surface area contributed by atoms with E-state index >= 15 is 0 Å². The fourth-order valence-corrected chi connectivity index (χ4v) is 2.81. The van der Waals surface area contributed by atoms with Gasteiger partial charge in [-0.25, -0.2) is 9.78 Å². The lowest BCUT2D eigenvalue weighted by molar-refractivity contribution is 0.190. The summed E-state index contributed by atoms with van der Waals surface area (Å²) >= 11 is 0. The number of nitrogens with zero attached hydrogens (tertiary/aromatic N) is 5. The van der Waals surface area contributed by atoms with Gasteiger partial charge in [0.1, 0.15) is 12.2 Å². The van der Waals surface area contributed by atoms with Crippen molar-refractivity contribution in [3.05, 3.63) is 30.5 Å². The Morgan fingerprint density at radius 2 is 2.30 bits per heavy atom. The number of amides is 2. The van der Waals surface area contributed by atoms with Crippen LogP contribution in [-0.2, 0) is 7.05 Å². The highest BCUT2D eigenvalue weighted by Crippen LogP contribution is 2.25. The van der Waals surface area contributed by atoms with E-state index in [1.807, 2.05) is 16.5 Å². The second-order valence-electron chi connectivity index (χ2n) is 5.60. The molecule has 1 fully saturated rings. The van der Waals surface area contributed by atoms with Gasteiger partial charge in [0.05, 0.1) is 19.0 Å². The van der Waals surface area contributed by atoms with Crippen molar-refractivity contribution in [1.29, 1.82) is 0 Å². The summed E-state index contributed by atoms with van der Waals surface area (Å²) in [6, 6.07) is 3.37. The first-order valence-electron chi connectivity index (χ1n) is 7.57. The largest absolute Gasteiger partial charge is 0.481 e. The van der Waals surface area contributed by atoms with Gasteiger partial charge in [-0.05, 0) is 18.9 Å². The van der Waals surface area contributed by atoms with Gasteiger partial charge in [-0.15, -0.1) is 10.2 Å². The summed E-state index contributed by atoms with van der Waals surface area (Å²) in [4.78, 5) is 18.3. The molecule has 0 unspecified atom stereocenters. The zero-order valence-corrected chi connectivity index (χ0v) is 13.3. The Morgan fingerprint density at radius 3 is 2.96 bits per heavy atom. The van der Waals surface area contributed by atoms with Crippen molar-refractivity contribution >= 4 is 11.7 Å². The molecule has 2 amide bonds. The first kappa shape index (κ1) is 15.3. The summed E-state index contributed by atoms with van der Waals surface area (Å²) in [7, 11) is 3.48. The van der Waals surface area contributed by atoms with Gasteiger partial charge in [0.25, 0.3) is 0 Å². The third kappa shape index (κ3) is 3.41. The van der Waals surface area contributed by atoms with Gasteiger partial charge in [-0.1, -0.05) is 0 Å². The Labute approximate surface area is 134 Å². The third-order valence-electron chi connectivity index (χ3n) is 4.02. The molecule has 23 heavy (non-hydrogen) atoms. The molecule has 0 bridgehead atoms. The maximum Gasteiger partial charge on any atom is 0.321 e. The molecule has 1 aliphatic heterocycles. The zero-order valence-electron chi connectivity index (χ0n) is 13.3. The number of aromatic nitrogens is 4. The van der Waals surface area contributed by atoms with Crippen LogP contribution in [0.5, 0.6) is 5.88 Å². The van der Waals surface area contributed by atoms with E-state index < -0.39 is 0 Å². The van der Waals surface area contributed by atoms with Crippen LogP contribution in [0.4, 0.5) is 10.5 Å². The van der Waals surface area contributed by atoms with Crippen LogP contribution in [0.2, 0.25) is 0 Å². The predicted molar refractivity (Wildman–Crippen MR) is 84.4 cm³/mol. The Bertz CT molecular complexity index is 669. The maximum absolute atomic E-state index is 12.4. The topological polar surface area (TPSA) is 85.2 Å². The van der Waals surface area contributed by atoms with Crippen LogP contribution < -0.4 is 10.1 Å². The molecule has 1 aliphatic rings. The molecule has 0 radical (unpaired) electrons. The number of aryl methyl sites for hydroxylation is 1. The van der Waals surface area contributed by atoms with E-state index in [0.717, 1.165) is 25.2 Å². The van der Waals surface area contributed by atoms with Crippen LogP contribution in [0.3, 0.4) is 0 Å². The van der Waals surface area contributed by atoms with Crippen LogP contribution >= 0.6 is 0 Å². The van der Waals surface area contributed by atoms with E-state index in [4.69, 9.17) is 4.74 Å². The molecule has 2 aromatic rings. The molecule has 0 aliphatic carbocycles. The van der Waals surface area contributed by atoms with E-state index in [1.165, 1.54) is 0 Å². The Balaban J connectivity index is 1.63. The van der Waals surface area contributed by atoms with E-state index in [9.17, 15) is 4.79 Å². The molecule has 1 atom stereocenters. The van der Waals surface area contributed by atoms with E-state index in [-0.39, 0.29) is 11.9 Å². The third-order valence-corrected chi connectivity index (χ3v) is 4.02. The quantitative estimate of drug-likeness (QED) is 0.930. The van der Waals surface area contributed by atoms with Gasteiger partial charge in [0, 0.05) is 32.1 Å². The lowest BCUT2D eigenvalue weighted by atomic mass is 9.97. The van der Waals surface area contributed by atoms with Gasteiger partial charge in [-0.3, -0.25) is 0 Å². The first-order chi connectivity index (χ1) is 11.2. The molecular weight excluding hydrogens is 296 g/mol. The molecule has 1 N–H and O–H groups in total. The number of hydrogen-bond acceptors (Lipinski definition) is 5. The smallest absolute Gasteiger partial charge is 0.321 e. The van der Waals surface area contributed by atoms with Gasteiger partial charge in [-0.2, -0.15) is 0 Å². The number of ether oxygens (including phenoxy) is 1. The average molecular weight is 316 g/mol. The highest BCUT2D eigenvalue weighted by atomic mass is 16.5. The number of pyridine rings is 1. The van der Waals surface area contributed by atoms with Crippen molar-refractivity contribution in [2.24, 2.45) is 7.05 Å². The zero-order chi connectivity index (χ0) is 16.2. The first-order valence-corrected chi connectivity index (χ1v) is 7.57. The summed E-state index contributed by atoms with van der Waals surface area (Å²) in [6.45, 7) is 1.38. The van der Waals surface area contributed by atoms with E-state index in [0.29, 0.717) is 18.1 Å². The number of rotatable bonds is 3. The number of urea groups is 1. The van der Waals surface area contributed by atoms with E-state index in [1.54, 1.807) is 31.8 Å². The van der Waals surface area contributed by atoms with Crippen molar-refractivity contribution in [2.45, 2.75) is 18.8 Å². The monoisotopic (exact) mass is 316 g/mol. The average Bonchev–Trinajstić information content (AvgIpc) is 3.02. The lowest BCUT2D eigenvalue weighted by Gasteiger charge is -2.32. The summed E-state index contributed by atoms with van der Waals surface area (Å²) < 4.78 is 6.92. The molecule has 8 heteroatoms. The minimum Gasteiger partial charge on any atom is -0.481 e. The van der Waals surface area contributed by atoms with Crippen LogP contribution in [0, 0.1) is 0 Å². The van der Waals surface area contributed by atoms with Crippen molar-refractivity contribution < 1.29 is 9.53 Å². The van der Waals surface area contributed by atoms with Gasteiger partial charge >= 0.3 is 6.03 Å². The predicted octanol–water partition coefficient (Wildman–Crippen LogP) is 1.63. The standard InChI is InChI=1S/C15H20N6O2/c1-20-10-17-19-14(20)11-4-3-7-21(9-11)15(22)18-12-5-6-13(23-2)16-8-12/h5-6,8,10-11H,3-4,7,9H2,1-2H3,(H,18,22)/t11-/m1/s1. The fourth-order valence-electron chi connectivity index (χ4n) is 2.81. The summed E-state index contributed by atoms with van der Waals surface area (Å²) in [5.41, 5.74) is 0.650. The molecule has 0 spiro atoms. The number of hydrogen-bond donors (Lipinski definition) is 1. The SMILES string of the molecule is COc1ccc(NC(=O)N2CCC[C@@H](c3nncn3C)C2)cn1. The van der Waals surface area contributed by atoms with Crippen LogP contribution in [-0.4, -0.2) is 50.9 Å². The molecule has 2 aromatic heterocycles. The molecule has 122 valence electrons. The van der Waals surface area contributed by atoms with Gasteiger partial charge in [0.15, 0.2) is 0 Å². The van der Waals surface area contributed by atoms with E-state index in [2.05, 4.69) is 20.5 Å². The molecule has 0 aromatic carbocycles. The van der Waals surface area contributed by atoms with Crippen molar-refractivity contribution in [2.75, 3.05) is 25.5 Å². The van der Waals surface area contributed by atoms with Crippen LogP contribution in [0.15, 0.2) is 24.7 Å². The minimum absolute atomic E-state index is 0.121. The van der Waals surface area contributed by atoms with Crippen molar-refractivity contribution in [3.63, 3.8) is 0 Å². The number of methoxy groups -OCH3 is 1. The number of anilines is 1. The van der Waals surface area contributed by atoms with Gasteiger partial charge in [0.2, 0.25) is 5.88 Å². The highest BCUT2D eigenvalue weighted by Gasteiger charge is 2.27. The summed E-state index contributed by atoms with van der Waals surface area (Å²) in [6.07, 6.45) is 5.24. The Morgan fingerprint density at radius 1 is 1.43 bits per heavy atom. The molecule has 3 rings (SSSR count). The molecule has 0 saturated carbocycles. The second kappa shape index (κ2) is 6.64. The van der Waals surface area contributed by atoms with Gasteiger partial charge < -0.3 is 19.5 Å². The fraction of sp³-hybridized carbons (Fsp3) is 0.467. The maximum atomic E-state index is 12.4. The number of carbonyl (C=O) groups excluding carboxylic acids is 1. The summed E-state index contributed by atoms with van der Waals surface area (Å²) in [5, 5.41) is 11.0. The van der Waals surface area contributed by atoms with Crippen molar-refractivity contribution in [3.8, 4) is 5.88 Å². The molecule has 8 nitrogen and oxygen atoms in total. The number of piperidine rings is 1. The van der Waals surface area contributed by atoms with Crippen molar-refractivity contribution in [1.82, 2.24) is 24.6 Å². The second-order valence-corrected chi connectivity index (χ2v) is 5.60.